The van der Waals surface area contributed by atoms with E-state index in [1.807, 2.05) is 19.1 Å². The Morgan fingerprint density at radius 1 is 1.16 bits per heavy atom. The third-order valence-electron chi connectivity index (χ3n) is 4.77. The van der Waals surface area contributed by atoms with Crippen LogP contribution in [0.4, 0.5) is 0 Å². The maximum atomic E-state index is 12.9. The van der Waals surface area contributed by atoms with Crippen molar-refractivity contribution in [3.63, 3.8) is 0 Å². The van der Waals surface area contributed by atoms with Gasteiger partial charge in [-0.05, 0) is 41.8 Å². The van der Waals surface area contributed by atoms with Gasteiger partial charge in [-0.15, -0.1) is 0 Å². The number of nitrogens with two attached hydrogens (primary N) is 1. The highest BCUT2D eigenvalue weighted by molar-refractivity contribution is 7.92. The molecule has 1 aliphatic rings. The average molecular weight is 380 g/mol. The van der Waals surface area contributed by atoms with Gasteiger partial charge in [0, 0.05) is 10.9 Å². The Balaban J connectivity index is 2.03. The van der Waals surface area contributed by atoms with Gasteiger partial charge in [-0.25, -0.2) is 8.42 Å². The number of sulfone groups is 1. The summed E-state index contributed by atoms with van der Waals surface area (Å²) in [5, 5.41) is 8.74. The molecule has 1 fully saturated rings. The van der Waals surface area contributed by atoms with Crippen LogP contribution in [0.25, 0.3) is 0 Å². The molecule has 3 N–H and O–H groups in total. The van der Waals surface area contributed by atoms with Gasteiger partial charge in [0.25, 0.3) is 0 Å². The van der Waals surface area contributed by atoms with Crippen LogP contribution < -0.4 is 5.73 Å². The Labute approximate surface area is 151 Å². The van der Waals surface area contributed by atoms with E-state index in [-0.39, 0.29) is 4.90 Å². The molecule has 0 heterocycles. The van der Waals surface area contributed by atoms with Crippen LogP contribution in [0, 0.1) is 0 Å². The first-order valence-corrected chi connectivity index (χ1v) is 9.76. The van der Waals surface area contributed by atoms with Crippen molar-refractivity contribution >= 4 is 27.4 Å². The highest BCUT2D eigenvalue weighted by Gasteiger charge is 2.74. The van der Waals surface area contributed by atoms with Crippen molar-refractivity contribution in [2.75, 3.05) is 0 Å². The van der Waals surface area contributed by atoms with E-state index in [1.165, 1.54) is 24.3 Å². The van der Waals surface area contributed by atoms with Crippen LogP contribution >= 0.6 is 11.6 Å². The molecular formula is C18H18ClNO4S. The largest absolute Gasteiger partial charge is 0.480 e. The molecule has 3 rings (SSSR count). The molecule has 0 aromatic heterocycles. The van der Waals surface area contributed by atoms with Crippen LogP contribution in [-0.2, 0) is 21.1 Å². The number of halogens is 1. The molecule has 7 heteroatoms. The Kier molecular flexibility index (Phi) is 4.39. The van der Waals surface area contributed by atoms with E-state index < -0.39 is 32.5 Å². The van der Waals surface area contributed by atoms with E-state index in [2.05, 4.69) is 0 Å². The third kappa shape index (κ3) is 2.84. The van der Waals surface area contributed by atoms with Crippen molar-refractivity contribution in [3.8, 4) is 0 Å². The lowest BCUT2D eigenvalue weighted by molar-refractivity contribution is -0.139. The van der Waals surface area contributed by atoms with Crippen LogP contribution in [0.15, 0.2) is 53.4 Å². The van der Waals surface area contributed by atoms with E-state index >= 15 is 0 Å². The fraction of sp³-hybridized carbons (Fsp3) is 0.278. The van der Waals surface area contributed by atoms with Crippen molar-refractivity contribution < 1.29 is 18.3 Å². The van der Waals surface area contributed by atoms with Crippen molar-refractivity contribution in [2.24, 2.45) is 5.73 Å². The number of carboxylic acid groups (broad SMARTS) is 1. The van der Waals surface area contributed by atoms with Crippen LogP contribution in [0.2, 0.25) is 5.02 Å². The number of benzene rings is 2. The molecule has 0 bridgehead atoms. The molecule has 3 unspecified atom stereocenters. The summed E-state index contributed by atoms with van der Waals surface area (Å²) >= 11 is 5.80. The normalized spacial score (nSPS) is 25.6. The summed E-state index contributed by atoms with van der Waals surface area (Å²) < 4.78 is 25.9. The van der Waals surface area contributed by atoms with Crippen molar-refractivity contribution in [1.29, 1.82) is 0 Å². The number of aryl methyl sites for hydroxylation is 1. The number of carbonyl (C=O) groups is 1. The minimum atomic E-state index is -3.91. The monoisotopic (exact) mass is 379 g/mol. The predicted octanol–water partition coefficient (Wildman–Crippen LogP) is 2.62. The van der Waals surface area contributed by atoms with Gasteiger partial charge in [-0.2, -0.15) is 0 Å². The summed E-state index contributed by atoms with van der Waals surface area (Å²) in [5.41, 5.74) is 5.89. The van der Waals surface area contributed by atoms with Crippen LogP contribution in [0.5, 0.6) is 0 Å². The van der Waals surface area contributed by atoms with Crippen molar-refractivity contribution in [3.05, 3.63) is 64.7 Å². The van der Waals surface area contributed by atoms with Crippen molar-refractivity contribution in [1.82, 2.24) is 0 Å². The summed E-state index contributed by atoms with van der Waals surface area (Å²) in [4.78, 5) is 11.7. The number of aliphatic carboxylic acids is 1. The van der Waals surface area contributed by atoms with E-state index in [9.17, 15) is 18.3 Å². The molecule has 0 aliphatic heterocycles. The first-order chi connectivity index (χ1) is 11.7. The number of rotatable bonds is 5. The quantitative estimate of drug-likeness (QED) is 0.832. The van der Waals surface area contributed by atoms with Crippen LogP contribution in [0.3, 0.4) is 0 Å². The van der Waals surface area contributed by atoms with E-state index in [4.69, 9.17) is 17.3 Å². The zero-order valence-electron chi connectivity index (χ0n) is 13.5. The summed E-state index contributed by atoms with van der Waals surface area (Å²) in [6, 6.07) is 12.9. The molecule has 3 atom stereocenters. The van der Waals surface area contributed by atoms with Crippen molar-refractivity contribution in [2.45, 2.75) is 34.9 Å². The van der Waals surface area contributed by atoms with Gasteiger partial charge in [-0.1, -0.05) is 42.8 Å². The molecule has 0 spiro atoms. The zero-order chi connectivity index (χ0) is 18.4. The van der Waals surface area contributed by atoms with Crippen LogP contribution in [0.1, 0.15) is 24.0 Å². The van der Waals surface area contributed by atoms with E-state index in [0.29, 0.717) is 10.6 Å². The molecule has 132 valence electrons. The Hall–Kier alpha value is -1.89. The topological polar surface area (TPSA) is 97.5 Å². The fourth-order valence-corrected chi connectivity index (χ4v) is 5.60. The smallest absolute Gasteiger partial charge is 0.325 e. The highest BCUT2D eigenvalue weighted by atomic mass is 35.5. The minimum absolute atomic E-state index is 0.0191. The maximum Gasteiger partial charge on any atom is 0.325 e. The second-order valence-corrected chi connectivity index (χ2v) is 8.74. The van der Waals surface area contributed by atoms with E-state index in [1.54, 1.807) is 12.1 Å². The fourth-order valence-electron chi connectivity index (χ4n) is 3.25. The molecule has 1 saturated carbocycles. The SMILES string of the molecule is CCc1ccc(C2C(S(=O)(=O)c3ccc(Cl)cc3)C2(N)C(=O)O)cc1. The van der Waals surface area contributed by atoms with Gasteiger partial charge < -0.3 is 10.8 Å². The highest BCUT2D eigenvalue weighted by Crippen LogP contribution is 2.55. The first-order valence-electron chi connectivity index (χ1n) is 7.83. The molecule has 2 aromatic rings. The van der Waals surface area contributed by atoms with E-state index in [0.717, 1.165) is 12.0 Å². The molecule has 25 heavy (non-hydrogen) atoms. The average Bonchev–Trinajstić information content (AvgIpc) is 3.24. The van der Waals surface area contributed by atoms with Gasteiger partial charge in [0.2, 0.25) is 0 Å². The summed E-state index contributed by atoms with van der Waals surface area (Å²) in [6.45, 7) is 2.00. The Morgan fingerprint density at radius 2 is 1.72 bits per heavy atom. The third-order valence-corrected chi connectivity index (χ3v) is 7.29. The second-order valence-electron chi connectivity index (χ2n) is 6.23. The lowest BCUT2D eigenvalue weighted by Crippen LogP contribution is -2.39. The lowest BCUT2D eigenvalue weighted by atomic mass is 10.0. The van der Waals surface area contributed by atoms with Gasteiger partial charge in [0.15, 0.2) is 9.84 Å². The summed E-state index contributed by atoms with van der Waals surface area (Å²) in [6.07, 6.45) is 0.837. The number of hydrogen-bond acceptors (Lipinski definition) is 4. The molecule has 0 saturated heterocycles. The minimum Gasteiger partial charge on any atom is -0.480 e. The molecular weight excluding hydrogens is 362 g/mol. The number of hydrogen-bond donors (Lipinski definition) is 2. The summed E-state index contributed by atoms with van der Waals surface area (Å²) in [5.74, 6) is -2.11. The zero-order valence-corrected chi connectivity index (χ0v) is 15.1. The predicted molar refractivity (Wildman–Crippen MR) is 95.5 cm³/mol. The molecule has 0 radical (unpaired) electrons. The van der Waals surface area contributed by atoms with Gasteiger partial charge in [-0.3, -0.25) is 4.79 Å². The first kappa shape index (κ1) is 17.9. The van der Waals surface area contributed by atoms with Gasteiger partial charge in [0.05, 0.1) is 4.90 Å². The van der Waals surface area contributed by atoms with Crippen LogP contribution in [-0.4, -0.2) is 30.3 Å². The summed E-state index contributed by atoms with van der Waals surface area (Å²) in [7, 11) is -3.91. The Bertz CT molecular complexity index is 909. The maximum absolute atomic E-state index is 12.9. The van der Waals surface area contributed by atoms with Gasteiger partial charge >= 0.3 is 5.97 Å². The molecule has 5 nitrogen and oxygen atoms in total. The Morgan fingerprint density at radius 3 is 2.20 bits per heavy atom. The molecule has 1 aliphatic carbocycles. The molecule has 0 amide bonds. The molecule has 2 aromatic carbocycles. The lowest BCUT2D eigenvalue weighted by Gasteiger charge is -2.07. The number of carboxylic acids is 1. The second kappa shape index (κ2) is 6.12. The van der Waals surface area contributed by atoms with Gasteiger partial charge in [0.1, 0.15) is 10.8 Å². The standard InChI is InChI=1S/C18H18ClNO4S/c1-2-11-3-5-12(6-4-11)15-16(18(15,20)17(21)22)25(23,24)14-9-7-13(19)8-10-14/h3-10,15-16H,2,20H2,1H3,(H,21,22).